The number of hydrogen-bond donors (Lipinski definition) is 1. The summed E-state index contributed by atoms with van der Waals surface area (Å²) in [5, 5.41) is 4.02. The summed E-state index contributed by atoms with van der Waals surface area (Å²) in [7, 11) is 3.37. The van der Waals surface area contributed by atoms with E-state index in [1.165, 1.54) is 6.33 Å². The van der Waals surface area contributed by atoms with E-state index < -0.39 is 6.04 Å². The Kier molecular flexibility index (Phi) is 7.22. The molecule has 10 nitrogen and oxygen atoms in total. The lowest BCUT2D eigenvalue weighted by Crippen LogP contribution is -2.45. The average Bonchev–Trinajstić information content (AvgIpc) is 3.00. The van der Waals surface area contributed by atoms with Crippen LogP contribution >= 0.6 is 11.6 Å². The lowest BCUT2D eigenvalue weighted by Gasteiger charge is -2.36. The minimum absolute atomic E-state index is 0.204. The topological polar surface area (TPSA) is 105 Å². The third-order valence-corrected chi connectivity index (χ3v) is 7.55. The molecular formula is C31H28ClN7O3. The number of para-hydroxylation sites is 1. The number of carbonyl (C=O) groups excluding carboxylic acids is 1. The number of benzene rings is 3. The van der Waals surface area contributed by atoms with Crippen LogP contribution in [0.2, 0.25) is 5.02 Å². The van der Waals surface area contributed by atoms with E-state index in [0.717, 1.165) is 11.3 Å². The Morgan fingerprint density at radius 3 is 2.50 bits per heavy atom. The Bertz CT molecular complexity index is 1840. The number of amides is 1. The van der Waals surface area contributed by atoms with Crippen molar-refractivity contribution in [3.63, 3.8) is 0 Å². The molecule has 0 unspecified atom stereocenters. The number of nitrogens with one attached hydrogen (secondary N) is 1. The van der Waals surface area contributed by atoms with Crippen molar-refractivity contribution in [3.05, 3.63) is 111 Å². The summed E-state index contributed by atoms with van der Waals surface area (Å²) in [6.45, 7) is 2.77. The van der Waals surface area contributed by atoms with Gasteiger partial charge in [0, 0.05) is 13.6 Å². The van der Waals surface area contributed by atoms with Gasteiger partial charge in [0.1, 0.15) is 35.1 Å². The number of nitrogens with zero attached hydrogens (tertiary/aromatic N) is 6. The number of aromatic nitrogens is 4. The fourth-order valence-corrected chi connectivity index (χ4v) is 5.42. The molecule has 0 radical (unpaired) electrons. The summed E-state index contributed by atoms with van der Waals surface area (Å²) in [6.07, 6.45) is 1.44. The third kappa shape index (κ3) is 4.90. The normalized spacial score (nSPS) is 13.7. The predicted molar refractivity (Wildman–Crippen MR) is 163 cm³/mol. The molecule has 3 heterocycles. The van der Waals surface area contributed by atoms with Crippen molar-refractivity contribution in [3.8, 4) is 11.4 Å². The highest BCUT2D eigenvalue weighted by Crippen LogP contribution is 2.32. The zero-order valence-corrected chi connectivity index (χ0v) is 24.0. The number of fused-ring (bicyclic) bond motifs is 2. The Balaban J connectivity index is 1.41. The molecule has 1 atom stereocenters. The first-order valence-electron chi connectivity index (χ1n) is 13.4. The smallest absolute Gasteiger partial charge is 0.267 e. The zero-order valence-electron chi connectivity index (χ0n) is 23.3. The van der Waals surface area contributed by atoms with Crippen molar-refractivity contribution in [1.29, 1.82) is 0 Å². The van der Waals surface area contributed by atoms with Crippen LogP contribution in [-0.2, 0) is 6.54 Å². The summed E-state index contributed by atoms with van der Waals surface area (Å²) in [4.78, 5) is 44.8. The molecule has 212 valence electrons. The zero-order chi connectivity index (χ0) is 29.4. The fourth-order valence-electron chi connectivity index (χ4n) is 5.17. The van der Waals surface area contributed by atoms with E-state index in [2.05, 4.69) is 15.3 Å². The van der Waals surface area contributed by atoms with Gasteiger partial charge in [0.25, 0.3) is 11.5 Å². The molecule has 1 N–H and O–H groups in total. The van der Waals surface area contributed by atoms with Gasteiger partial charge < -0.3 is 19.9 Å². The number of ether oxygens (including phenoxy) is 1. The standard InChI is InChI=1S/C31H28ClN7O3/c1-19(28-36-24-11-7-10-23(32)25(24)31(41)39(28)21-8-5-4-6-9-21)35-27-26-29(34-17-33-27)38(18-37(2)30(26)40)16-20-12-14-22(42-3)15-13-20/h4-15,17,19H,16,18H2,1-3H3,(H,33,34,35)/t19-/m0/s1. The molecule has 0 aliphatic carbocycles. The van der Waals surface area contributed by atoms with Crippen LogP contribution in [0.1, 0.15) is 34.7 Å². The molecular weight excluding hydrogens is 554 g/mol. The maximum atomic E-state index is 13.8. The Labute approximate surface area is 247 Å². The van der Waals surface area contributed by atoms with Crippen LogP contribution in [0, 0.1) is 0 Å². The van der Waals surface area contributed by atoms with Crippen molar-refractivity contribution in [2.75, 3.05) is 31.0 Å². The number of rotatable bonds is 7. The van der Waals surface area contributed by atoms with Gasteiger partial charge in [-0.05, 0) is 48.9 Å². The molecule has 0 bridgehead atoms. The third-order valence-electron chi connectivity index (χ3n) is 7.23. The van der Waals surface area contributed by atoms with Gasteiger partial charge in [0.15, 0.2) is 0 Å². The predicted octanol–water partition coefficient (Wildman–Crippen LogP) is 5.06. The number of carbonyl (C=O) groups is 1. The summed E-state index contributed by atoms with van der Waals surface area (Å²) in [5.74, 6) is 1.89. The molecule has 42 heavy (non-hydrogen) atoms. The molecule has 0 saturated carbocycles. The monoisotopic (exact) mass is 581 g/mol. The first kappa shape index (κ1) is 27.2. The first-order valence-corrected chi connectivity index (χ1v) is 13.7. The van der Waals surface area contributed by atoms with E-state index in [1.807, 2.05) is 66.4 Å². The Morgan fingerprint density at radius 2 is 1.76 bits per heavy atom. The average molecular weight is 582 g/mol. The minimum atomic E-state index is -0.532. The molecule has 1 aliphatic rings. The second kappa shape index (κ2) is 11.1. The highest BCUT2D eigenvalue weighted by atomic mass is 35.5. The first-order chi connectivity index (χ1) is 20.4. The van der Waals surface area contributed by atoms with Gasteiger partial charge in [-0.15, -0.1) is 0 Å². The quantitative estimate of drug-likeness (QED) is 0.284. The lowest BCUT2D eigenvalue weighted by molar-refractivity contribution is 0.0781. The van der Waals surface area contributed by atoms with Crippen molar-refractivity contribution in [2.24, 2.45) is 0 Å². The SMILES string of the molecule is COc1ccc(CN2CN(C)C(=O)c3c(N[C@@H](C)c4nc5cccc(Cl)c5c(=O)n4-c4ccccc4)ncnc32)cc1. The molecule has 6 rings (SSSR count). The van der Waals surface area contributed by atoms with Crippen LogP contribution in [0.15, 0.2) is 83.9 Å². The molecule has 1 aliphatic heterocycles. The van der Waals surface area contributed by atoms with Crippen molar-refractivity contribution < 1.29 is 9.53 Å². The van der Waals surface area contributed by atoms with E-state index in [1.54, 1.807) is 41.8 Å². The summed E-state index contributed by atoms with van der Waals surface area (Å²) < 4.78 is 6.83. The number of methoxy groups -OCH3 is 1. The Morgan fingerprint density at radius 1 is 1.00 bits per heavy atom. The molecule has 2 aromatic heterocycles. The van der Waals surface area contributed by atoms with E-state index in [9.17, 15) is 9.59 Å². The van der Waals surface area contributed by atoms with E-state index in [0.29, 0.717) is 57.8 Å². The highest BCUT2D eigenvalue weighted by molar-refractivity contribution is 6.35. The summed E-state index contributed by atoms with van der Waals surface area (Å²) >= 11 is 6.44. The number of halogens is 1. The lowest BCUT2D eigenvalue weighted by atomic mass is 10.1. The maximum absolute atomic E-state index is 13.8. The minimum Gasteiger partial charge on any atom is -0.497 e. The molecule has 3 aromatic carbocycles. The van der Waals surface area contributed by atoms with Crippen LogP contribution in [0.3, 0.4) is 0 Å². The number of anilines is 2. The van der Waals surface area contributed by atoms with Gasteiger partial charge >= 0.3 is 0 Å². The van der Waals surface area contributed by atoms with Crippen LogP contribution < -0.4 is 20.5 Å². The maximum Gasteiger partial charge on any atom is 0.267 e. The van der Waals surface area contributed by atoms with Gasteiger partial charge in [-0.2, -0.15) is 0 Å². The molecule has 5 aromatic rings. The van der Waals surface area contributed by atoms with Crippen molar-refractivity contribution in [2.45, 2.75) is 19.5 Å². The molecule has 1 amide bonds. The molecule has 0 fully saturated rings. The van der Waals surface area contributed by atoms with Gasteiger partial charge in [-0.3, -0.25) is 14.2 Å². The fraction of sp³-hybridized carbons (Fsp3) is 0.194. The van der Waals surface area contributed by atoms with Crippen LogP contribution in [0.25, 0.3) is 16.6 Å². The van der Waals surface area contributed by atoms with Gasteiger partial charge in [0.2, 0.25) is 0 Å². The molecule has 11 heteroatoms. The molecule has 0 saturated heterocycles. The van der Waals surface area contributed by atoms with E-state index in [-0.39, 0.29) is 11.5 Å². The summed E-state index contributed by atoms with van der Waals surface area (Å²) in [6, 6.07) is 21.7. The van der Waals surface area contributed by atoms with Crippen LogP contribution in [-0.4, -0.2) is 51.2 Å². The second-order valence-electron chi connectivity index (χ2n) is 10.1. The second-order valence-corrected chi connectivity index (χ2v) is 10.5. The van der Waals surface area contributed by atoms with Crippen LogP contribution in [0.5, 0.6) is 5.75 Å². The van der Waals surface area contributed by atoms with Gasteiger partial charge in [0.05, 0.1) is 41.4 Å². The van der Waals surface area contributed by atoms with Crippen LogP contribution in [0.4, 0.5) is 11.6 Å². The van der Waals surface area contributed by atoms with E-state index >= 15 is 0 Å². The highest BCUT2D eigenvalue weighted by Gasteiger charge is 2.32. The van der Waals surface area contributed by atoms with Gasteiger partial charge in [-0.25, -0.2) is 15.0 Å². The number of hydrogen-bond acceptors (Lipinski definition) is 8. The largest absolute Gasteiger partial charge is 0.497 e. The summed E-state index contributed by atoms with van der Waals surface area (Å²) in [5.41, 5.74) is 2.23. The van der Waals surface area contributed by atoms with E-state index in [4.69, 9.17) is 21.3 Å². The van der Waals surface area contributed by atoms with Gasteiger partial charge in [-0.1, -0.05) is 48.0 Å². The molecule has 0 spiro atoms. The van der Waals surface area contributed by atoms with Crippen molar-refractivity contribution in [1.82, 2.24) is 24.4 Å². The Hall–Kier alpha value is -4.96. The van der Waals surface area contributed by atoms with Crippen molar-refractivity contribution >= 4 is 40.0 Å².